The van der Waals surface area contributed by atoms with E-state index >= 15 is 0 Å². The second-order valence-corrected chi connectivity index (χ2v) is 6.87. The minimum Gasteiger partial charge on any atom is -0.468 e. The Morgan fingerprint density at radius 3 is 2.78 bits per heavy atom. The third-order valence-electron chi connectivity index (χ3n) is 5.21. The summed E-state index contributed by atoms with van der Waals surface area (Å²) >= 11 is 0. The lowest BCUT2D eigenvalue weighted by molar-refractivity contribution is -0.129. The summed E-state index contributed by atoms with van der Waals surface area (Å²) in [6.45, 7) is 11.7. The Hall–Kier alpha value is -2.41. The molecule has 1 amide bonds. The fourth-order valence-electron chi connectivity index (χ4n) is 3.72. The number of hydrogen-bond acceptors (Lipinski definition) is 6. The number of rotatable bonds is 7. The Kier molecular flexibility index (Phi) is 6.11. The van der Waals surface area contributed by atoms with E-state index in [-0.39, 0.29) is 11.9 Å². The van der Waals surface area contributed by atoms with Gasteiger partial charge in [0.15, 0.2) is 0 Å². The lowest BCUT2D eigenvalue weighted by Gasteiger charge is -2.31. The first-order valence-corrected chi connectivity index (χ1v) is 9.66. The van der Waals surface area contributed by atoms with Gasteiger partial charge in [-0.2, -0.15) is 0 Å². The predicted molar refractivity (Wildman–Crippen MR) is 104 cm³/mol. The van der Waals surface area contributed by atoms with E-state index in [1.54, 1.807) is 13.2 Å². The highest BCUT2D eigenvalue weighted by molar-refractivity contribution is 5.73. The van der Waals surface area contributed by atoms with Gasteiger partial charge in [-0.15, -0.1) is 0 Å². The van der Waals surface area contributed by atoms with Crippen molar-refractivity contribution in [1.82, 2.24) is 19.8 Å². The van der Waals surface area contributed by atoms with E-state index in [2.05, 4.69) is 34.0 Å². The van der Waals surface area contributed by atoms with Crippen molar-refractivity contribution in [2.24, 2.45) is 0 Å². The van der Waals surface area contributed by atoms with E-state index in [0.717, 1.165) is 48.2 Å². The van der Waals surface area contributed by atoms with Gasteiger partial charge in [0.25, 0.3) is 0 Å². The molecular weight excluding hydrogens is 342 g/mol. The zero-order chi connectivity index (χ0) is 19.4. The number of likely N-dealkylation sites (N-methyl/N-ethyl adjacent to an activating group) is 1. The molecule has 0 spiro atoms. The highest BCUT2D eigenvalue weighted by Gasteiger charge is 2.25. The zero-order valence-electron chi connectivity index (χ0n) is 16.7. The van der Waals surface area contributed by atoms with Crippen LogP contribution in [0.15, 0.2) is 22.8 Å². The predicted octanol–water partition coefficient (Wildman–Crippen LogP) is 2.78. The third-order valence-corrected chi connectivity index (χ3v) is 5.21. The van der Waals surface area contributed by atoms with Crippen LogP contribution in [0.5, 0.6) is 0 Å². The Morgan fingerprint density at radius 1 is 1.37 bits per heavy atom. The molecule has 0 unspecified atom stereocenters. The number of carbonyl (C=O) groups excluding carboxylic acids is 1. The summed E-state index contributed by atoms with van der Waals surface area (Å²) in [6.07, 6.45) is 2.49. The number of carbonyl (C=O) groups is 1. The second-order valence-electron chi connectivity index (χ2n) is 6.87. The molecule has 1 aliphatic rings. The first kappa shape index (κ1) is 19.4. The molecule has 0 saturated carbocycles. The molecule has 1 N–H and O–H groups in total. The fourth-order valence-corrected chi connectivity index (χ4v) is 3.72. The average Bonchev–Trinajstić information content (AvgIpc) is 3.18. The number of nitrogens with zero attached hydrogens (tertiary/aromatic N) is 4. The molecule has 0 aromatic carbocycles. The largest absolute Gasteiger partial charge is 0.468 e. The summed E-state index contributed by atoms with van der Waals surface area (Å²) in [5.41, 5.74) is 2.07. The normalized spacial score (nSPS) is 14.9. The van der Waals surface area contributed by atoms with Crippen molar-refractivity contribution in [2.75, 3.05) is 31.5 Å². The Bertz CT molecular complexity index is 771. The standard InChI is InChI=1S/C20H29N5O2/c1-5-24(6-2)18(19-8-7-11-27-19)12-21-20-16-9-10-25(15(4)26)13-17(16)22-14(3)23-20/h7-8,11,18H,5-6,9-10,12-13H2,1-4H3,(H,21,22,23)/t18-/m0/s1. The molecule has 27 heavy (non-hydrogen) atoms. The van der Waals surface area contributed by atoms with Gasteiger partial charge in [-0.05, 0) is 38.6 Å². The molecule has 7 nitrogen and oxygen atoms in total. The minimum atomic E-state index is 0.0887. The van der Waals surface area contributed by atoms with Crippen LogP contribution in [-0.2, 0) is 17.8 Å². The topological polar surface area (TPSA) is 74.5 Å². The van der Waals surface area contributed by atoms with Gasteiger partial charge in [-0.3, -0.25) is 9.69 Å². The van der Waals surface area contributed by atoms with Crippen LogP contribution in [0.2, 0.25) is 0 Å². The molecule has 7 heteroatoms. The van der Waals surface area contributed by atoms with Gasteiger partial charge in [0, 0.05) is 25.6 Å². The van der Waals surface area contributed by atoms with Gasteiger partial charge in [-0.1, -0.05) is 13.8 Å². The van der Waals surface area contributed by atoms with Gasteiger partial charge in [0.2, 0.25) is 5.91 Å². The number of aryl methyl sites for hydroxylation is 1. The zero-order valence-corrected chi connectivity index (χ0v) is 16.7. The molecule has 1 atom stereocenters. The number of aromatic nitrogens is 2. The fraction of sp³-hybridized carbons (Fsp3) is 0.550. The van der Waals surface area contributed by atoms with Gasteiger partial charge < -0.3 is 14.6 Å². The van der Waals surface area contributed by atoms with E-state index in [9.17, 15) is 4.79 Å². The number of hydrogen-bond donors (Lipinski definition) is 1. The molecule has 1 aliphatic heterocycles. The second kappa shape index (κ2) is 8.52. The summed E-state index contributed by atoms with van der Waals surface area (Å²) in [5.74, 6) is 2.64. The van der Waals surface area contributed by atoms with Gasteiger partial charge in [0.05, 0.1) is 24.5 Å². The van der Waals surface area contributed by atoms with E-state index < -0.39 is 0 Å². The van der Waals surface area contributed by atoms with Crippen LogP contribution in [0.25, 0.3) is 0 Å². The summed E-state index contributed by atoms with van der Waals surface area (Å²) in [6, 6.07) is 4.09. The van der Waals surface area contributed by atoms with Crippen molar-refractivity contribution in [3.63, 3.8) is 0 Å². The molecule has 0 radical (unpaired) electrons. The number of anilines is 1. The maximum Gasteiger partial charge on any atom is 0.219 e. The molecule has 2 aromatic heterocycles. The van der Waals surface area contributed by atoms with Crippen LogP contribution >= 0.6 is 0 Å². The summed E-state index contributed by atoms with van der Waals surface area (Å²) < 4.78 is 5.69. The van der Waals surface area contributed by atoms with Gasteiger partial charge in [0.1, 0.15) is 17.4 Å². The number of amides is 1. The van der Waals surface area contributed by atoms with Crippen molar-refractivity contribution in [3.8, 4) is 0 Å². The quantitative estimate of drug-likeness (QED) is 0.807. The monoisotopic (exact) mass is 371 g/mol. The SMILES string of the molecule is CCN(CC)[C@@H](CNc1nc(C)nc2c1CCN(C(C)=O)C2)c1ccco1. The summed E-state index contributed by atoms with van der Waals surface area (Å²) in [4.78, 5) is 25.1. The van der Waals surface area contributed by atoms with Crippen LogP contribution < -0.4 is 5.32 Å². The first-order chi connectivity index (χ1) is 13.0. The van der Waals surface area contributed by atoms with Crippen LogP contribution in [0, 0.1) is 6.92 Å². The maximum absolute atomic E-state index is 11.7. The van der Waals surface area contributed by atoms with E-state index in [4.69, 9.17) is 4.42 Å². The van der Waals surface area contributed by atoms with Crippen LogP contribution in [-0.4, -0.2) is 51.9 Å². The summed E-state index contributed by atoms with van der Waals surface area (Å²) in [5, 5.41) is 3.54. The highest BCUT2D eigenvalue weighted by Crippen LogP contribution is 2.26. The highest BCUT2D eigenvalue weighted by atomic mass is 16.3. The Morgan fingerprint density at radius 2 is 2.15 bits per heavy atom. The molecular formula is C20H29N5O2. The molecule has 2 aromatic rings. The van der Waals surface area contributed by atoms with Gasteiger partial charge in [-0.25, -0.2) is 9.97 Å². The number of furan rings is 1. The van der Waals surface area contributed by atoms with Crippen molar-refractivity contribution < 1.29 is 9.21 Å². The molecule has 0 fully saturated rings. The molecule has 0 bridgehead atoms. The van der Waals surface area contributed by atoms with Crippen molar-refractivity contribution in [3.05, 3.63) is 41.2 Å². The van der Waals surface area contributed by atoms with E-state index in [1.807, 2.05) is 24.0 Å². The van der Waals surface area contributed by atoms with E-state index in [0.29, 0.717) is 19.6 Å². The smallest absolute Gasteiger partial charge is 0.219 e. The van der Waals surface area contributed by atoms with Crippen molar-refractivity contribution in [2.45, 2.75) is 46.7 Å². The Balaban J connectivity index is 1.82. The molecule has 3 rings (SSSR count). The lowest BCUT2D eigenvalue weighted by atomic mass is 10.0. The maximum atomic E-state index is 11.7. The number of nitrogens with one attached hydrogen (secondary N) is 1. The van der Waals surface area contributed by atoms with Crippen molar-refractivity contribution in [1.29, 1.82) is 0 Å². The average molecular weight is 371 g/mol. The van der Waals surface area contributed by atoms with Crippen molar-refractivity contribution >= 4 is 11.7 Å². The van der Waals surface area contributed by atoms with E-state index in [1.165, 1.54) is 0 Å². The lowest BCUT2D eigenvalue weighted by Crippen LogP contribution is -2.36. The van der Waals surface area contributed by atoms with Crippen LogP contribution in [0.4, 0.5) is 5.82 Å². The van der Waals surface area contributed by atoms with Crippen LogP contribution in [0.3, 0.4) is 0 Å². The summed E-state index contributed by atoms with van der Waals surface area (Å²) in [7, 11) is 0. The molecule has 0 saturated heterocycles. The van der Waals surface area contributed by atoms with Gasteiger partial charge >= 0.3 is 0 Å². The molecule has 146 valence electrons. The number of fused-ring (bicyclic) bond motifs is 1. The minimum absolute atomic E-state index is 0.0887. The van der Waals surface area contributed by atoms with Crippen LogP contribution in [0.1, 0.15) is 49.7 Å². The Labute approximate surface area is 160 Å². The first-order valence-electron chi connectivity index (χ1n) is 9.66. The molecule has 0 aliphatic carbocycles. The third kappa shape index (κ3) is 4.30. The molecule has 3 heterocycles.